The SMILES string of the molecule is CC(=O)/N=C1/c2ccc(CNC=O)cc2CN1Cc1ccccn1. The van der Waals surface area contributed by atoms with Crippen LogP contribution in [0.5, 0.6) is 0 Å². The number of aromatic nitrogens is 1. The molecule has 0 atom stereocenters. The molecule has 0 bridgehead atoms. The summed E-state index contributed by atoms with van der Waals surface area (Å²) in [5.41, 5.74) is 3.99. The molecule has 1 aromatic carbocycles. The molecule has 6 heteroatoms. The second-order valence-electron chi connectivity index (χ2n) is 5.62. The number of hydrogen-bond acceptors (Lipinski definition) is 3. The number of rotatable bonds is 5. The van der Waals surface area contributed by atoms with Gasteiger partial charge in [-0.25, -0.2) is 0 Å². The number of pyridine rings is 1. The van der Waals surface area contributed by atoms with Crippen molar-refractivity contribution < 1.29 is 9.59 Å². The van der Waals surface area contributed by atoms with Crippen molar-refractivity contribution in [1.29, 1.82) is 0 Å². The van der Waals surface area contributed by atoms with Gasteiger partial charge in [0, 0.05) is 31.8 Å². The van der Waals surface area contributed by atoms with Crippen molar-refractivity contribution in [3.63, 3.8) is 0 Å². The molecule has 24 heavy (non-hydrogen) atoms. The fourth-order valence-corrected chi connectivity index (χ4v) is 2.81. The molecule has 122 valence electrons. The highest BCUT2D eigenvalue weighted by molar-refractivity contribution is 6.07. The number of hydrogen-bond donors (Lipinski definition) is 1. The number of carbonyl (C=O) groups is 2. The highest BCUT2D eigenvalue weighted by atomic mass is 16.1. The van der Waals surface area contributed by atoms with Gasteiger partial charge in [0.05, 0.1) is 12.2 Å². The quantitative estimate of drug-likeness (QED) is 0.849. The van der Waals surface area contributed by atoms with Crippen molar-refractivity contribution in [2.24, 2.45) is 4.99 Å². The summed E-state index contributed by atoms with van der Waals surface area (Å²) in [5.74, 6) is 0.452. The summed E-state index contributed by atoms with van der Waals surface area (Å²) in [6.07, 6.45) is 2.44. The maximum Gasteiger partial charge on any atom is 0.244 e. The summed E-state index contributed by atoms with van der Waals surface area (Å²) in [5, 5.41) is 2.66. The number of nitrogens with zero attached hydrogens (tertiary/aromatic N) is 3. The minimum absolute atomic E-state index is 0.226. The third kappa shape index (κ3) is 3.48. The third-order valence-corrected chi connectivity index (χ3v) is 3.80. The second-order valence-corrected chi connectivity index (χ2v) is 5.62. The van der Waals surface area contributed by atoms with Crippen molar-refractivity contribution in [1.82, 2.24) is 15.2 Å². The van der Waals surface area contributed by atoms with Crippen molar-refractivity contribution >= 4 is 18.2 Å². The molecule has 0 radical (unpaired) electrons. The summed E-state index contributed by atoms with van der Waals surface area (Å²) in [6.45, 7) is 3.18. The van der Waals surface area contributed by atoms with E-state index in [1.165, 1.54) is 6.92 Å². The van der Waals surface area contributed by atoms with Gasteiger partial charge in [0.1, 0.15) is 5.84 Å². The minimum atomic E-state index is -0.226. The van der Waals surface area contributed by atoms with Gasteiger partial charge >= 0.3 is 0 Å². The van der Waals surface area contributed by atoms with Crippen LogP contribution in [0.1, 0.15) is 29.3 Å². The summed E-state index contributed by atoms with van der Waals surface area (Å²) in [4.78, 5) is 32.6. The molecule has 1 N–H and O–H groups in total. The van der Waals surface area contributed by atoms with Crippen LogP contribution in [0.3, 0.4) is 0 Å². The van der Waals surface area contributed by atoms with Gasteiger partial charge in [-0.15, -0.1) is 0 Å². The summed E-state index contributed by atoms with van der Waals surface area (Å²) < 4.78 is 0. The monoisotopic (exact) mass is 322 g/mol. The molecule has 0 spiro atoms. The van der Waals surface area contributed by atoms with E-state index in [0.29, 0.717) is 31.9 Å². The standard InChI is InChI=1S/C18H18N4O2/c1-13(24)21-18-17-6-5-14(9-19-12-23)8-15(17)10-22(18)11-16-4-2-3-7-20-16/h2-8,12H,9-11H2,1H3,(H,19,23)/b21-18-. The van der Waals surface area contributed by atoms with E-state index >= 15 is 0 Å². The van der Waals surface area contributed by atoms with Crippen LogP contribution in [-0.4, -0.2) is 28.0 Å². The number of carbonyl (C=O) groups excluding carboxylic acids is 2. The van der Waals surface area contributed by atoms with Gasteiger partial charge in [-0.05, 0) is 23.3 Å². The van der Waals surface area contributed by atoms with Gasteiger partial charge in [-0.1, -0.05) is 24.3 Å². The Balaban J connectivity index is 1.90. The maximum atomic E-state index is 11.5. The van der Waals surface area contributed by atoms with Crippen molar-refractivity contribution in [2.75, 3.05) is 0 Å². The highest BCUT2D eigenvalue weighted by Crippen LogP contribution is 2.26. The van der Waals surface area contributed by atoms with E-state index in [1.54, 1.807) is 6.20 Å². The average molecular weight is 322 g/mol. The van der Waals surface area contributed by atoms with Gasteiger partial charge in [-0.3, -0.25) is 14.6 Å². The number of fused-ring (bicyclic) bond motifs is 1. The number of amidine groups is 1. The average Bonchev–Trinajstić information content (AvgIpc) is 2.90. The van der Waals surface area contributed by atoms with Crippen molar-refractivity contribution in [2.45, 2.75) is 26.6 Å². The molecule has 2 amide bonds. The Labute approximate surface area is 140 Å². The van der Waals surface area contributed by atoms with Crippen molar-refractivity contribution in [3.8, 4) is 0 Å². The molecule has 1 aromatic heterocycles. The third-order valence-electron chi connectivity index (χ3n) is 3.80. The molecule has 2 aromatic rings. The first-order valence-electron chi connectivity index (χ1n) is 7.70. The lowest BCUT2D eigenvalue weighted by Gasteiger charge is -2.18. The second kappa shape index (κ2) is 7.04. The van der Waals surface area contributed by atoms with E-state index in [2.05, 4.69) is 15.3 Å². The van der Waals surface area contributed by atoms with Crippen LogP contribution in [-0.2, 0) is 29.2 Å². The minimum Gasteiger partial charge on any atom is -0.355 e. The van der Waals surface area contributed by atoms with Crippen LogP contribution in [0.2, 0.25) is 0 Å². The lowest BCUT2D eigenvalue weighted by molar-refractivity contribution is -0.115. The van der Waals surface area contributed by atoms with E-state index in [1.807, 2.05) is 41.3 Å². The predicted molar refractivity (Wildman–Crippen MR) is 90.0 cm³/mol. The predicted octanol–water partition coefficient (Wildman–Crippen LogP) is 1.64. The smallest absolute Gasteiger partial charge is 0.244 e. The topological polar surface area (TPSA) is 74.7 Å². The Morgan fingerprint density at radius 3 is 2.96 bits per heavy atom. The van der Waals surface area contributed by atoms with Crippen LogP contribution in [0, 0.1) is 0 Å². The lowest BCUT2D eigenvalue weighted by Crippen LogP contribution is -2.25. The molecule has 0 saturated carbocycles. The number of nitrogens with one attached hydrogen (secondary N) is 1. The van der Waals surface area contributed by atoms with Crippen molar-refractivity contribution in [3.05, 3.63) is 65.0 Å². The van der Waals surface area contributed by atoms with E-state index in [0.717, 1.165) is 22.4 Å². The molecule has 0 aliphatic carbocycles. The Kier molecular flexibility index (Phi) is 4.65. The fourth-order valence-electron chi connectivity index (χ4n) is 2.81. The summed E-state index contributed by atoms with van der Waals surface area (Å²) in [7, 11) is 0. The Bertz CT molecular complexity index is 787. The first-order chi connectivity index (χ1) is 11.7. The Morgan fingerprint density at radius 2 is 2.25 bits per heavy atom. The van der Waals surface area contributed by atoms with Crippen LogP contribution < -0.4 is 5.32 Å². The molecular formula is C18H18N4O2. The van der Waals surface area contributed by atoms with Gasteiger partial charge in [0.2, 0.25) is 12.3 Å². The fraction of sp³-hybridized carbons (Fsp3) is 0.222. The normalized spacial score (nSPS) is 14.5. The summed E-state index contributed by atoms with van der Waals surface area (Å²) in [6, 6.07) is 11.7. The molecular weight excluding hydrogens is 304 g/mol. The molecule has 6 nitrogen and oxygen atoms in total. The molecule has 2 heterocycles. The molecule has 1 aliphatic heterocycles. The molecule has 3 rings (SSSR count). The van der Waals surface area contributed by atoms with E-state index in [9.17, 15) is 9.59 Å². The van der Waals surface area contributed by atoms with Crippen LogP contribution in [0.25, 0.3) is 0 Å². The van der Waals surface area contributed by atoms with Crippen LogP contribution in [0.15, 0.2) is 47.6 Å². The lowest BCUT2D eigenvalue weighted by atomic mass is 10.1. The molecule has 0 saturated heterocycles. The van der Waals surface area contributed by atoms with Gasteiger partial charge in [-0.2, -0.15) is 4.99 Å². The first-order valence-corrected chi connectivity index (χ1v) is 7.70. The van der Waals surface area contributed by atoms with Gasteiger partial charge < -0.3 is 10.2 Å². The number of benzene rings is 1. The highest BCUT2D eigenvalue weighted by Gasteiger charge is 2.26. The Hall–Kier alpha value is -3.02. The largest absolute Gasteiger partial charge is 0.355 e. The van der Waals surface area contributed by atoms with Crippen LogP contribution >= 0.6 is 0 Å². The van der Waals surface area contributed by atoms with E-state index in [4.69, 9.17) is 0 Å². The zero-order valence-electron chi connectivity index (χ0n) is 13.4. The van der Waals surface area contributed by atoms with E-state index < -0.39 is 0 Å². The first kappa shape index (κ1) is 15.9. The number of amides is 2. The van der Waals surface area contributed by atoms with E-state index in [-0.39, 0.29) is 5.91 Å². The van der Waals surface area contributed by atoms with Gasteiger partial charge in [0.15, 0.2) is 0 Å². The molecule has 1 aliphatic rings. The van der Waals surface area contributed by atoms with Gasteiger partial charge in [0.25, 0.3) is 0 Å². The maximum absolute atomic E-state index is 11.5. The number of aliphatic imine (C=N–C) groups is 1. The Morgan fingerprint density at radius 1 is 1.38 bits per heavy atom. The summed E-state index contributed by atoms with van der Waals surface area (Å²) >= 11 is 0. The zero-order valence-corrected chi connectivity index (χ0v) is 13.4. The molecule has 0 fully saturated rings. The molecule has 0 unspecified atom stereocenters. The zero-order chi connectivity index (χ0) is 16.9. The van der Waals surface area contributed by atoms with Crippen LogP contribution in [0.4, 0.5) is 0 Å².